The third kappa shape index (κ3) is 1.69. The quantitative estimate of drug-likeness (QED) is 0.616. The normalized spacial score (nSPS) is 9.80. The van der Waals surface area contributed by atoms with Crippen molar-refractivity contribution in [3.8, 4) is 0 Å². The summed E-state index contributed by atoms with van der Waals surface area (Å²) in [6.45, 7) is 3.28. The van der Waals surface area contributed by atoms with E-state index < -0.39 is 0 Å². The highest BCUT2D eigenvalue weighted by molar-refractivity contribution is 5.77. The Hall–Kier alpha value is -1.12. The highest BCUT2D eigenvalue weighted by Gasteiger charge is 2.01. The molecule has 0 spiro atoms. The maximum absolute atomic E-state index is 10.5. The van der Waals surface area contributed by atoms with E-state index in [0.29, 0.717) is 18.1 Å². The smallest absolute Gasteiger partial charge is 0.191 e. The molecule has 0 bridgehead atoms. The minimum absolute atomic E-state index is 0.0937. The minimum atomic E-state index is 0.0937. The van der Waals surface area contributed by atoms with E-state index in [1.165, 1.54) is 6.92 Å². The number of aryl methyl sites for hydroxylation is 1. The van der Waals surface area contributed by atoms with Gasteiger partial charge in [0, 0.05) is 6.92 Å². The van der Waals surface area contributed by atoms with Crippen molar-refractivity contribution < 1.29 is 9.21 Å². The lowest BCUT2D eigenvalue weighted by atomic mass is 10.3. The van der Waals surface area contributed by atoms with Crippen molar-refractivity contribution in [2.75, 3.05) is 0 Å². The Bertz CT molecular complexity index is 240. The molecule has 0 aliphatic heterocycles. The molecule has 1 aromatic heterocycles. The molecular formula is C7H9NO2. The van der Waals surface area contributed by atoms with Gasteiger partial charge in [-0.15, -0.1) is 0 Å². The number of hydrogen-bond donors (Lipinski definition) is 0. The fourth-order valence-electron chi connectivity index (χ4n) is 0.732. The van der Waals surface area contributed by atoms with E-state index in [0.717, 1.165) is 0 Å². The molecule has 0 saturated carbocycles. The van der Waals surface area contributed by atoms with Crippen LogP contribution in [-0.2, 0) is 11.2 Å². The van der Waals surface area contributed by atoms with Gasteiger partial charge in [-0.2, -0.15) is 0 Å². The van der Waals surface area contributed by atoms with E-state index >= 15 is 0 Å². The van der Waals surface area contributed by atoms with Crippen LogP contribution >= 0.6 is 0 Å². The van der Waals surface area contributed by atoms with Crippen LogP contribution in [0.3, 0.4) is 0 Å². The van der Waals surface area contributed by atoms with E-state index in [4.69, 9.17) is 4.42 Å². The zero-order valence-corrected chi connectivity index (χ0v) is 6.05. The average molecular weight is 139 g/mol. The first-order valence-electron chi connectivity index (χ1n) is 3.09. The van der Waals surface area contributed by atoms with Gasteiger partial charge in [0.2, 0.25) is 0 Å². The fourth-order valence-corrected chi connectivity index (χ4v) is 0.732. The molecule has 54 valence electrons. The van der Waals surface area contributed by atoms with Crippen molar-refractivity contribution in [3.05, 3.63) is 17.8 Å². The Balaban J connectivity index is 2.67. The minimum Gasteiger partial charge on any atom is -0.446 e. The zero-order valence-electron chi connectivity index (χ0n) is 6.05. The summed E-state index contributed by atoms with van der Waals surface area (Å²) in [6.07, 6.45) is 1.93. The van der Waals surface area contributed by atoms with Crippen molar-refractivity contribution in [1.29, 1.82) is 0 Å². The summed E-state index contributed by atoms with van der Waals surface area (Å²) in [7, 11) is 0. The maximum Gasteiger partial charge on any atom is 0.191 e. The number of oxazole rings is 1. The Morgan fingerprint density at radius 1 is 1.80 bits per heavy atom. The second-order valence-electron chi connectivity index (χ2n) is 2.22. The second-order valence-corrected chi connectivity index (χ2v) is 2.22. The highest BCUT2D eigenvalue weighted by atomic mass is 16.4. The van der Waals surface area contributed by atoms with Crippen LogP contribution < -0.4 is 0 Å². The summed E-state index contributed by atoms with van der Waals surface area (Å²) in [5, 5.41) is 0. The van der Waals surface area contributed by atoms with Crippen LogP contribution in [0.1, 0.15) is 18.6 Å². The number of Topliss-reactive ketones (excluding diaryl/α,β-unsaturated/α-hetero) is 1. The number of aromatic nitrogens is 1. The summed E-state index contributed by atoms with van der Waals surface area (Å²) in [5.74, 6) is 1.34. The van der Waals surface area contributed by atoms with Crippen molar-refractivity contribution >= 4 is 5.78 Å². The summed E-state index contributed by atoms with van der Waals surface area (Å²) in [5.41, 5.74) is 0. The summed E-state index contributed by atoms with van der Waals surface area (Å²) in [4.78, 5) is 14.4. The predicted octanol–water partition coefficient (Wildman–Crippen LogP) is 1.11. The Labute approximate surface area is 59.1 Å². The molecule has 0 radical (unpaired) electrons. The third-order valence-electron chi connectivity index (χ3n) is 1.09. The van der Waals surface area contributed by atoms with E-state index in [1.54, 1.807) is 13.1 Å². The summed E-state index contributed by atoms with van der Waals surface area (Å²) < 4.78 is 5.06. The third-order valence-corrected chi connectivity index (χ3v) is 1.09. The lowest BCUT2D eigenvalue weighted by Crippen LogP contribution is -1.93. The SMILES string of the molecule is CC(=O)Cc1cnc(C)o1. The van der Waals surface area contributed by atoms with Crippen LogP contribution in [0.4, 0.5) is 0 Å². The van der Waals surface area contributed by atoms with Gasteiger partial charge >= 0.3 is 0 Å². The van der Waals surface area contributed by atoms with Crippen LogP contribution in [0.15, 0.2) is 10.6 Å². The van der Waals surface area contributed by atoms with Crippen molar-refractivity contribution in [1.82, 2.24) is 4.98 Å². The second kappa shape index (κ2) is 2.64. The van der Waals surface area contributed by atoms with Gasteiger partial charge in [-0.25, -0.2) is 4.98 Å². The van der Waals surface area contributed by atoms with Crippen LogP contribution in [0.2, 0.25) is 0 Å². The Kier molecular flexibility index (Phi) is 1.85. The number of rotatable bonds is 2. The van der Waals surface area contributed by atoms with Crippen LogP contribution in [0.5, 0.6) is 0 Å². The Morgan fingerprint density at radius 2 is 2.50 bits per heavy atom. The molecule has 0 N–H and O–H groups in total. The topological polar surface area (TPSA) is 43.1 Å². The van der Waals surface area contributed by atoms with Crippen LogP contribution in [0, 0.1) is 6.92 Å². The number of ketones is 1. The van der Waals surface area contributed by atoms with Crippen molar-refractivity contribution in [2.24, 2.45) is 0 Å². The van der Waals surface area contributed by atoms with Gasteiger partial charge in [0.1, 0.15) is 11.5 Å². The summed E-state index contributed by atoms with van der Waals surface area (Å²) >= 11 is 0. The molecule has 3 heteroatoms. The largest absolute Gasteiger partial charge is 0.446 e. The molecule has 0 aromatic carbocycles. The first-order chi connectivity index (χ1) is 4.68. The first kappa shape index (κ1) is 6.99. The summed E-state index contributed by atoms with van der Waals surface area (Å²) in [6, 6.07) is 0. The number of carbonyl (C=O) groups excluding carboxylic acids is 1. The van der Waals surface area contributed by atoms with Crippen LogP contribution in [0.25, 0.3) is 0 Å². The molecule has 0 atom stereocenters. The van der Waals surface area contributed by atoms with Gasteiger partial charge in [0.15, 0.2) is 5.89 Å². The standard InChI is InChI=1S/C7H9NO2/c1-5(9)3-7-4-8-6(2)10-7/h4H,3H2,1-2H3. The highest BCUT2D eigenvalue weighted by Crippen LogP contribution is 2.02. The van der Waals surface area contributed by atoms with Crippen molar-refractivity contribution in [3.63, 3.8) is 0 Å². The maximum atomic E-state index is 10.5. The monoisotopic (exact) mass is 139 g/mol. The van der Waals surface area contributed by atoms with E-state index in [1.807, 2.05) is 0 Å². The van der Waals surface area contributed by atoms with Gasteiger partial charge in [0.05, 0.1) is 12.6 Å². The van der Waals surface area contributed by atoms with Crippen LogP contribution in [-0.4, -0.2) is 10.8 Å². The number of hydrogen-bond acceptors (Lipinski definition) is 3. The fraction of sp³-hybridized carbons (Fsp3) is 0.429. The molecule has 1 rings (SSSR count). The lowest BCUT2D eigenvalue weighted by molar-refractivity contribution is -0.116. The molecule has 1 aromatic rings. The zero-order chi connectivity index (χ0) is 7.56. The molecule has 0 amide bonds. The van der Waals surface area contributed by atoms with Crippen molar-refractivity contribution in [2.45, 2.75) is 20.3 Å². The molecule has 1 heterocycles. The Morgan fingerprint density at radius 3 is 2.90 bits per heavy atom. The number of nitrogens with zero attached hydrogens (tertiary/aromatic N) is 1. The van der Waals surface area contributed by atoms with E-state index in [-0.39, 0.29) is 5.78 Å². The average Bonchev–Trinajstić information content (AvgIpc) is 2.13. The molecule has 3 nitrogen and oxygen atoms in total. The lowest BCUT2D eigenvalue weighted by Gasteiger charge is -1.86. The molecule has 0 unspecified atom stereocenters. The van der Waals surface area contributed by atoms with Gasteiger partial charge in [-0.1, -0.05) is 0 Å². The number of carbonyl (C=O) groups is 1. The molecule has 0 aliphatic rings. The van der Waals surface area contributed by atoms with Gasteiger partial charge in [-0.3, -0.25) is 4.79 Å². The van der Waals surface area contributed by atoms with E-state index in [2.05, 4.69) is 4.98 Å². The molecular weight excluding hydrogens is 130 g/mol. The van der Waals surface area contributed by atoms with Gasteiger partial charge in [0.25, 0.3) is 0 Å². The molecule has 0 aliphatic carbocycles. The van der Waals surface area contributed by atoms with E-state index in [9.17, 15) is 4.79 Å². The predicted molar refractivity (Wildman–Crippen MR) is 35.6 cm³/mol. The molecule has 0 saturated heterocycles. The first-order valence-corrected chi connectivity index (χ1v) is 3.09. The van der Waals surface area contributed by atoms with Gasteiger partial charge in [-0.05, 0) is 6.92 Å². The van der Waals surface area contributed by atoms with Gasteiger partial charge < -0.3 is 4.42 Å². The molecule has 10 heavy (non-hydrogen) atoms. The molecule has 0 fully saturated rings.